The lowest BCUT2D eigenvalue weighted by atomic mass is 9.98. The Morgan fingerprint density at radius 1 is 1.39 bits per heavy atom. The minimum absolute atomic E-state index is 0.141. The highest BCUT2D eigenvalue weighted by Gasteiger charge is 2.36. The highest BCUT2D eigenvalue weighted by molar-refractivity contribution is 7.09. The van der Waals surface area contributed by atoms with Crippen molar-refractivity contribution in [3.63, 3.8) is 0 Å². The Hall–Kier alpha value is -1.57. The fraction of sp³-hybridized carbons (Fsp3) is 0.600. The number of likely N-dealkylation sites (tertiary alicyclic amines) is 1. The summed E-state index contributed by atoms with van der Waals surface area (Å²) in [7, 11) is 0. The van der Waals surface area contributed by atoms with Gasteiger partial charge in [-0.15, -0.1) is 11.3 Å². The molecular weight excluding hydrogens is 329 g/mol. The first-order chi connectivity index (χ1) is 10.9. The number of carbonyl (C=O) groups excluding carboxylic acids is 1. The number of carbonyl (C=O) groups is 1. The van der Waals surface area contributed by atoms with Crippen molar-refractivity contribution in [2.45, 2.75) is 37.8 Å². The van der Waals surface area contributed by atoms with Crippen LogP contribution in [0.1, 0.15) is 42.3 Å². The third-order valence-electron chi connectivity index (χ3n) is 4.02. The molecule has 4 nitrogen and oxygen atoms in total. The standard InChI is InChI=1S/C15H17F3N2O2S/c16-15(17,18)12-9-23-13(19-12)10-4-3-6-20(8-10)14(21)11-5-1-2-7-22-11/h5,9-10H,1-4,6-8H2/t10-/m0/s1. The average Bonchev–Trinajstić information content (AvgIpc) is 3.05. The van der Waals surface area contributed by atoms with Gasteiger partial charge in [0.15, 0.2) is 11.5 Å². The molecule has 0 radical (unpaired) electrons. The molecule has 0 saturated carbocycles. The summed E-state index contributed by atoms with van der Waals surface area (Å²) in [6, 6.07) is 0. The Bertz CT molecular complexity index is 612. The van der Waals surface area contributed by atoms with Gasteiger partial charge in [-0.1, -0.05) is 0 Å². The highest BCUT2D eigenvalue weighted by Crippen LogP contribution is 2.35. The molecule has 1 amide bonds. The van der Waals surface area contributed by atoms with E-state index < -0.39 is 11.9 Å². The van der Waals surface area contributed by atoms with Crippen molar-refractivity contribution in [3.05, 3.63) is 27.9 Å². The smallest absolute Gasteiger partial charge is 0.434 e. The minimum atomic E-state index is -4.42. The number of aromatic nitrogens is 1. The summed E-state index contributed by atoms with van der Waals surface area (Å²) in [5.74, 6) is 0.0620. The predicted molar refractivity (Wildman–Crippen MR) is 78.9 cm³/mol. The number of halogens is 3. The number of alkyl halides is 3. The molecule has 2 aliphatic heterocycles. The lowest BCUT2D eigenvalue weighted by Crippen LogP contribution is -2.40. The molecule has 0 bridgehead atoms. The zero-order chi connectivity index (χ0) is 16.4. The topological polar surface area (TPSA) is 42.4 Å². The van der Waals surface area contributed by atoms with E-state index >= 15 is 0 Å². The summed E-state index contributed by atoms with van der Waals surface area (Å²) in [6.07, 6.45) is 0.595. The third-order valence-corrected chi connectivity index (χ3v) is 5.02. The van der Waals surface area contributed by atoms with Gasteiger partial charge in [-0.3, -0.25) is 4.79 Å². The van der Waals surface area contributed by atoms with Gasteiger partial charge >= 0.3 is 6.18 Å². The molecule has 0 N–H and O–H groups in total. The molecule has 126 valence electrons. The van der Waals surface area contributed by atoms with E-state index in [1.807, 2.05) is 0 Å². The van der Waals surface area contributed by atoms with Gasteiger partial charge in [0, 0.05) is 24.4 Å². The molecule has 1 fully saturated rings. The van der Waals surface area contributed by atoms with Gasteiger partial charge in [0.05, 0.1) is 11.6 Å². The van der Waals surface area contributed by atoms with Crippen LogP contribution in [0.25, 0.3) is 0 Å². The fourth-order valence-electron chi connectivity index (χ4n) is 2.83. The molecule has 1 aromatic heterocycles. The maximum atomic E-state index is 12.7. The van der Waals surface area contributed by atoms with Gasteiger partial charge in [-0.25, -0.2) is 4.98 Å². The molecule has 2 aliphatic rings. The van der Waals surface area contributed by atoms with E-state index in [4.69, 9.17) is 4.74 Å². The molecule has 3 heterocycles. The largest absolute Gasteiger partial charge is 0.488 e. The van der Waals surface area contributed by atoms with Crippen LogP contribution in [0, 0.1) is 0 Å². The monoisotopic (exact) mass is 346 g/mol. The van der Waals surface area contributed by atoms with E-state index in [9.17, 15) is 18.0 Å². The number of rotatable bonds is 2. The van der Waals surface area contributed by atoms with Gasteiger partial charge in [-0.05, 0) is 31.8 Å². The van der Waals surface area contributed by atoms with Gasteiger partial charge < -0.3 is 9.64 Å². The van der Waals surface area contributed by atoms with Gasteiger partial charge in [0.25, 0.3) is 5.91 Å². The lowest BCUT2D eigenvalue weighted by Gasteiger charge is -2.32. The lowest BCUT2D eigenvalue weighted by molar-refractivity contribution is -0.141. The predicted octanol–water partition coefficient (Wildman–Crippen LogP) is 3.56. The molecule has 0 aliphatic carbocycles. The number of thiazole rings is 1. The number of amides is 1. The van der Waals surface area contributed by atoms with Crippen molar-refractivity contribution in [3.8, 4) is 0 Å². The number of hydrogen-bond donors (Lipinski definition) is 0. The van der Waals surface area contributed by atoms with Crippen molar-refractivity contribution in [1.82, 2.24) is 9.88 Å². The zero-order valence-corrected chi connectivity index (χ0v) is 13.3. The molecule has 0 spiro atoms. The second-order valence-electron chi connectivity index (χ2n) is 5.72. The Morgan fingerprint density at radius 3 is 2.87 bits per heavy atom. The molecule has 0 unspecified atom stereocenters. The molecule has 0 aromatic carbocycles. The van der Waals surface area contributed by atoms with E-state index in [0.29, 0.717) is 30.5 Å². The molecule has 8 heteroatoms. The van der Waals surface area contributed by atoms with Gasteiger partial charge in [-0.2, -0.15) is 13.2 Å². The minimum Gasteiger partial charge on any atom is -0.488 e. The Morgan fingerprint density at radius 2 is 2.22 bits per heavy atom. The molecule has 1 saturated heterocycles. The van der Waals surface area contributed by atoms with E-state index in [1.54, 1.807) is 11.0 Å². The van der Waals surface area contributed by atoms with Crippen molar-refractivity contribution in [2.24, 2.45) is 0 Å². The first kappa shape index (κ1) is 16.3. The second kappa shape index (κ2) is 6.51. The summed E-state index contributed by atoms with van der Waals surface area (Å²) in [6.45, 7) is 1.54. The van der Waals surface area contributed by atoms with Crippen LogP contribution >= 0.6 is 11.3 Å². The van der Waals surface area contributed by atoms with E-state index in [1.165, 1.54) is 0 Å². The van der Waals surface area contributed by atoms with E-state index in [-0.39, 0.29) is 11.8 Å². The first-order valence-corrected chi connectivity index (χ1v) is 8.48. The number of piperidine rings is 1. The Labute approximate surface area is 136 Å². The summed E-state index contributed by atoms with van der Waals surface area (Å²) >= 11 is 1.02. The first-order valence-electron chi connectivity index (χ1n) is 7.60. The maximum absolute atomic E-state index is 12.7. The van der Waals surface area contributed by atoms with E-state index in [0.717, 1.165) is 42.4 Å². The molecule has 3 rings (SSSR count). The van der Waals surface area contributed by atoms with Crippen molar-refractivity contribution in [2.75, 3.05) is 19.7 Å². The summed E-state index contributed by atoms with van der Waals surface area (Å²) < 4.78 is 43.4. The molecule has 1 atom stereocenters. The van der Waals surface area contributed by atoms with Crippen molar-refractivity contribution in [1.29, 1.82) is 0 Å². The van der Waals surface area contributed by atoms with Crippen LogP contribution in [0.4, 0.5) is 13.2 Å². The van der Waals surface area contributed by atoms with E-state index in [2.05, 4.69) is 4.98 Å². The maximum Gasteiger partial charge on any atom is 0.434 e. The SMILES string of the molecule is O=C(C1=CCCCO1)N1CCC[C@H](c2nc(C(F)(F)F)cs2)C1. The molecule has 23 heavy (non-hydrogen) atoms. The van der Waals surface area contributed by atoms with Crippen LogP contribution in [-0.4, -0.2) is 35.5 Å². The van der Waals surface area contributed by atoms with Crippen LogP contribution in [0.3, 0.4) is 0 Å². The van der Waals surface area contributed by atoms with Crippen LogP contribution in [0.5, 0.6) is 0 Å². The highest BCUT2D eigenvalue weighted by atomic mass is 32.1. The van der Waals surface area contributed by atoms with Gasteiger partial charge in [0.1, 0.15) is 0 Å². The summed E-state index contributed by atoms with van der Waals surface area (Å²) in [5.41, 5.74) is -0.848. The third kappa shape index (κ3) is 3.68. The van der Waals surface area contributed by atoms with Crippen LogP contribution in [-0.2, 0) is 15.7 Å². The summed E-state index contributed by atoms with van der Waals surface area (Å²) in [4.78, 5) is 17.8. The second-order valence-corrected chi connectivity index (χ2v) is 6.61. The average molecular weight is 346 g/mol. The number of allylic oxidation sites excluding steroid dienone is 1. The fourth-order valence-corrected chi connectivity index (χ4v) is 3.79. The van der Waals surface area contributed by atoms with Crippen LogP contribution in [0.15, 0.2) is 17.2 Å². The summed E-state index contributed by atoms with van der Waals surface area (Å²) in [5, 5.41) is 1.50. The quantitative estimate of drug-likeness (QED) is 0.822. The zero-order valence-electron chi connectivity index (χ0n) is 12.4. The van der Waals surface area contributed by atoms with Crippen molar-refractivity contribution >= 4 is 17.2 Å². The molecular formula is C15H17F3N2O2S. The number of nitrogens with zero attached hydrogens (tertiary/aromatic N) is 2. The van der Waals surface area contributed by atoms with Crippen LogP contribution < -0.4 is 0 Å². The Kier molecular flexibility index (Phi) is 4.61. The molecule has 1 aromatic rings. The van der Waals surface area contributed by atoms with Gasteiger partial charge in [0.2, 0.25) is 0 Å². The van der Waals surface area contributed by atoms with Crippen molar-refractivity contribution < 1.29 is 22.7 Å². The Balaban J connectivity index is 1.69. The number of ether oxygens (including phenoxy) is 1. The number of hydrogen-bond acceptors (Lipinski definition) is 4. The van der Waals surface area contributed by atoms with Crippen LogP contribution in [0.2, 0.25) is 0 Å². The normalized spacial score (nSPS) is 22.5.